The Balaban J connectivity index is 1.21. The second-order valence-corrected chi connectivity index (χ2v) is 8.99. The molecule has 3 N–H and O–H groups in total. The van der Waals surface area contributed by atoms with Crippen molar-refractivity contribution in [2.24, 2.45) is 5.92 Å². The molecule has 2 aromatic rings. The van der Waals surface area contributed by atoms with Gasteiger partial charge in [0.15, 0.2) is 11.6 Å². The Labute approximate surface area is 197 Å². The number of hydrogen-bond acceptors (Lipinski definition) is 4. The second-order valence-electron chi connectivity index (χ2n) is 8.99. The standard InChI is InChI=1S/C26H29FN2O5/c27-22-15-20(8-11-23(22)34-21-9-6-17(7-10-21)26(32)33)25(31)29-13-12-28-24(30)19-3-1-2-18(14-19)16-4-5-16/h1-3,8,11,14-17,21H,4-7,9-10,12-13H2,(H,28,30)(H,29,31)(H,32,33). The molecule has 0 radical (unpaired) electrons. The monoisotopic (exact) mass is 468 g/mol. The Morgan fingerprint density at radius 3 is 2.12 bits per heavy atom. The van der Waals surface area contributed by atoms with Crippen molar-refractivity contribution < 1.29 is 28.6 Å². The maximum Gasteiger partial charge on any atom is 0.306 e. The molecule has 0 saturated heterocycles. The summed E-state index contributed by atoms with van der Waals surface area (Å²) in [7, 11) is 0. The maximum absolute atomic E-state index is 14.5. The van der Waals surface area contributed by atoms with Crippen LogP contribution in [0, 0.1) is 11.7 Å². The molecule has 0 heterocycles. The van der Waals surface area contributed by atoms with E-state index in [-0.39, 0.29) is 42.3 Å². The average molecular weight is 469 g/mol. The van der Waals surface area contributed by atoms with Crippen LogP contribution in [0.25, 0.3) is 0 Å². The number of hydrogen-bond donors (Lipinski definition) is 3. The van der Waals surface area contributed by atoms with Gasteiger partial charge in [0.1, 0.15) is 0 Å². The van der Waals surface area contributed by atoms with Crippen molar-refractivity contribution in [1.82, 2.24) is 10.6 Å². The van der Waals surface area contributed by atoms with Crippen LogP contribution < -0.4 is 15.4 Å². The van der Waals surface area contributed by atoms with E-state index in [1.165, 1.54) is 30.5 Å². The SMILES string of the molecule is O=C(NCCNC(=O)c1ccc(OC2CCC(C(=O)O)CC2)c(F)c1)c1cccc(C2CC2)c1. The fourth-order valence-electron chi connectivity index (χ4n) is 4.25. The summed E-state index contributed by atoms with van der Waals surface area (Å²) in [6.45, 7) is 0.459. The molecule has 2 saturated carbocycles. The smallest absolute Gasteiger partial charge is 0.306 e. The molecule has 8 heteroatoms. The van der Waals surface area contributed by atoms with E-state index in [9.17, 15) is 18.8 Å². The van der Waals surface area contributed by atoms with Crippen molar-refractivity contribution in [2.45, 2.75) is 50.5 Å². The average Bonchev–Trinajstić information content (AvgIpc) is 3.69. The van der Waals surface area contributed by atoms with Crippen LogP contribution in [0.1, 0.15) is 70.7 Å². The molecular formula is C26H29FN2O5. The summed E-state index contributed by atoms with van der Waals surface area (Å²) in [4.78, 5) is 35.7. The molecule has 4 rings (SSSR count). The van der Waals surface area contributed by atoms with Gasteiger partial charge in [-0.15, -0.1) is 0 Å². The first-order valence-corrected chi connectivity index (χ1v) is 11.8. The number of nitrogens with one attached hydrogen (secondary N) is 2. The highest BCUT2D eigenvalue weighted by Gasteiger charge is 2.27. The van der Waals surface area contributed by atoms with E-state index in [2.05, 4.69) is 10.6 Å². The van der Waals surface area contributed by atoms with Gasteiger partial charge in [-0.3, -0.25) is 14.4 Å². The summed E-state index contributed by atoms with van der Waals surface area (Å²) >= 11 is 0. The quantitative estimate of drug-likeness (QED) is 0.485. The van der Waals surface area contributed by atoms with Crippen LogP contribution >= 0.6 is 0 Å². The molecule has 0 atom stereocenters. The second kappa shape index (κ2) is 10.7. The molecule has 0 aliphatic heterocycles. The Kier molecular flexibility index (Phi) is 7.45. The number of benzene rings is 2. The van der Waals surface area contributed by atoms with Crippen molar-refractivity contribution in [3.05, 3.63) is 65.0 Å². The van der Waals surface area contributed by atoms with Crippen LogP contribution in [-0.4, -0.2) is 42.1 Å². The lowest BCUT2D eigenvalue weighted by Crippen LogP contribution is -2.34. The van der Waals surface area contributed by atoms with Crippen molar-refractivity contribution in [3.63, 3.8) is 0 Å². The number of ether oxygens (including phenoxy) is 1. The molecule has 2 aliphatic rings. The van der Waals surface area contributed by atoms with E-state index in [1.54, 1.807) is 6.07 Å². The largest absolute Gasteiger partial charge is 0.487 e. The molecule has 7 nitrogen and oxygen atoms in total. The first-order chi connectivity index (χ1) is 16.4. The van der Waals surface area contributed by atoms with Gasteiger partial charge < -0.3 is 20.5 Å². The van der Waals surface area contributed by atoms with E-state index in [1.807, 2.05) is 18.2 Å². The van der Waals surface area contributed by atoms with Gasteiger partial charge in [0.25, 0.3) is 11.8 Å². The van der Waals surface area contributed by atoms with E-state index in [0.29, 0.717) is 37.2 Å². The summed E-state index contributed by atoms with van der Waals surface area (Å²) in [6, 6.07) is 11.6. The Morgan fingerprint density at radius 2 is 1.53 bits per heavy atom. The Morgan fingerprint density at radius 1 is 0.882 bits per heavy atom. The van der Waals surface area contributed by atoms with Gasteiger partial charge in [-0.05, 0) is 80.3 Å². The minimum atomic E-state index is -0.803. The first kappa shape index (κ1) is 23.7. The fraction of sp³-hybridized carbons (Fsp3) is 0.423. The van der Waals surface area contributed by atoms with Crippen LogP contribution in [0.3, 0.4) is 0 Å². The van der Waals surface area contributed by atoms with Crippen molar-refractivity contribution in [2.75, 3.05) is 13.1 Å². The van der Waals surface area contributed by atoms with Gasteiger partial charge in [-0.25, -0.2) is 4.39 Å². The molecule has 34 heavy (non-hydrogen) atoms. The zero-order valence-electron chi connectivity index (χ0n) is 18.9. The molecule has 2 amide bonds. The minimum Gasteiger partial charge on any atom is -0.487 e. The van der Waals surface area contributed by atoms with Crippen LogP contribution in [-0.2, 0) is 4.79 Å². The summed E-state index contributed by atoms with van der Waals surface area (Å²) < 4.78 is 20.2. The van der Waals surface area contributed by atoms with E-state index >= 15 is 0 Å². The van der Waals surface area contributed by atoms with Crippen LogP contribution in [0.2, 0.25) is 0 Å². The van der Waals surface area contributed by atoms with Gasteiger partial charge in [-0.2, -0.15) is 0 Å². The fourth-order valence-corrected chi connectivity index (χ4v) is 4.25. The van der Waals surface area contributed by atoms with Crippen LogP contribution in [0.15, 0.2) is 42.5 Å². The lowest BCUT2D eigenvalue weighted by atomic mass is 9.87. The summed E-state index contributed by atoms with van der Waals surface area (Å²) in [5.41, 5.74) is 1.94. The highest BCUT2D eigenvalue weighted by Crippen LogP contribution is 2.40. The zero-order valence-corrected chi connectivity index (χ0v) is 18.9. The van der Waals surface area contributed by atoms with E-state index in [0.717, 1.165) is 6.07 Å². The first-order valence-electron chi connectivity index (χ1n) is 11.8. The maximum atomic E-state index is 14.5. The highest BCUT2D eigenvalue weighted by atomic mass is 19.1. The topological polar surface area (TPSA) is 105 Å². The molecule has 2 aliphatic carbocycles. The zero-order chi connectivity index (χ0) is 24.1. The van der Waals surface area contributed by atoms with Gasteiger partial charge in [0, 0.05) is 24.2 Å². The molecule has 0 bridgehead atoms. The van der Waals surface area contributed by atoms with Crippen molar-refractivity contribution in [1.29, 1.82) is 0 Å². The molecule has 0 spiro atoms. The van der Waals surface area contributed by atoms with Crippen molar-refractivity contribution in [3.8, 4) is 5.75 Å². The molecule has 0 unspecified atom stereocenters. The molecular weight excluding hydrogens is 439 g/mol. The Bertz CT molecular complexity index is 1060. The molecule has 2 aromatic carbocycles. The van der Waals surface area contributed by atoms with Gasteiger partial charge in [0.2, 0.25) is 0 Å². The number of carbonyl (C=O) groups is 3. The lowest BCUT2D eigenvalue weighted by Gasteiger charge is -2.27. The number of aliphatic carboxylic acids is 1. The normalized spacial score (nSPS) is 19.8. The number of carboxylic acids is 1. The number of rotatable bonds is 9. The summed E-state index contributed by atoms with van der Waals surface area (Å²) in [6.07, 6.45) is 4.20. The number of halogens is 1. The highest BCUT2D eigenvalue weighted by molar-refractivity contribution is 5.95. The third-order valence-corrected chi connectivity index (χ3v) is 6.40. The van der Waals surface area contributed by atoms with Crippen molar-refractivity contribution >= 4 is 17.8 Å². The third kappa shape index (κ3) is 6.12. The summed E-state index contributed by atoms with van der Waals surface area (Å²) in [5, 5.41) is 14.5. The lowest BCUT2D eigenvalue weighted by molar-refractivity contribution is -0.143. The van der Waals surface area contributed by atoms with Crippen LogP contribution in [0.4, 0.5) is 4.39 Å². The molecule has 2 fully saturated rings. The van der Waals surface area contributed by atoms with Crippen LogP contribution in [0.5, 0.6) is 5.75 Å². The third-order valence-electron chi connectivity index (χ3n) is 6.40. The molecule has 180 valence electrons. The predicted molar refractivity (Wildman–Crippen MR) is 123 cm³/mol. The van der Waals surface area contributed by atoms with Gasteiger partial charge in [0.05, 0.1) is 12.0 Å². The minimum absolute atomic E-state index is 0.0519. The Hall–Kier alpha value is -3.42. The van der Waals surface area contributed by atoms with E-state index in [4.69, 9.17) is 9.84 Å². The molecule has 0 aromatic heterocycles. The van der Waals surface area contributed by atoms with E-state index < -0.39 is 17.7 Å². The summed E-state index contributed by atoms with van der Waals surface area (Å²) in [5.74, 6) is -1.83. The van der Waals surface area contributed by atoms with Gasteiger partial charge >= 0.3 is 5.97 Å². The number of carboxylic acid groups (broad SMARTS) is 1. The number of amides is 2. The predicted octanol–water partition coefficient (Wildman–Crippen LogP) is 3.89. The number of carbonyl (C=O) groups excluding carboxylic acids is 2. The van der Waals surface area contributed by atoms with Gasteiger partial charge in [-0.1, -0.05) is 12.1 Å².